The van der Waals surface area contributed by atoms with Gasteiger partial charge in [-0.25, -0.2) is 0 Å². The summed E-state index contributed by atoms with van der Waals surface area (Å²) in [5.41, 5.74) is 5.04. The second-order valence-electron chi connectivity index (χ2n) is 5.57. The van der Waals surface area contributed by atoms with Gasteiger partial charge in [-0.1, -0.05) is 19.2 Å². The summed E-state index contributed by atoms with van der Waals surface area (Å²) < 4.78 is 0. The number of carbonyl (C=O) groups is 1. The van der Waals surface area contributed by atoms with Crippen molar-refractivity contribution in [1.29, 1.82) is 0 Å². The molecule has 0 saturated carbocycles. The number of hydrogen-bond donors (Lipinski definition) is 2. The highest BCUT2D eigenvalue weighted by molar-refractivity contribution is 6.08. The van der Waals surface area contributed by atoms with Gasteiger partial charge in [0.05, 0.1) is 0 Å². The van der Waals surface area contributed by atoms with Gasteiger partial charge < -0.3 is 15.7 Å². The Kier molecular flexibility index (Phi) is 6.72. The first-order valence-corrected chi connectivity index (χ1v) is 7.33. The minimum absolute atomic E-state index is 0.600. The summed E-state index contributed by atoms with van der Waals surface area (Å²) in [5, 5.41) is 9.29. The van der Waals surface area contributed by atoms with E-state index in [0.717, 1.165) is 32.1 Å². The van der Waals surface area contributed by atoms with E-state index in [9.17, 15) is 9.90 Å². The lowest BCUT2D eigenvalue weighted by atomic mass is 9.87. The van der Waals surface area contributed by atoms with Gasteiger partial charge in [0.15, 0.2) is 0 Å². The molecule has 0 aliphatic carbocycles. The maximum Gasteiger partial charge on any atom is 0.323 e. The Balaban J connectivity index is 2.29. The molecule has 1 aliphatic rings. The van der Waals surface area contributed by atoms with E-state index in [-0.39, 0.29) is 0 Å². The Morgan fingerprint density at radius 2 is 1.83 bits per heavy atom. The molecule has 0 aromatic heterocycles. The van der Waals surface area contributed by atoms with Crippen LogP contribution in [0.15, 0.2) is 0 Å². The van der Waals surface area contributed by atoms with Crippen molar-refractivity contribution in [1.82, 2.24) is 4.90 Å². The fourth-order valence-corrected chi connectivity index (χ4v) is 2.65. The van der Waals surface area contributed by atoms with Crippen molar-refractivity contribution in [3.63, 3.8) is 0 Å². The summed E-state index contributed by atoms with van der Waals surface area (Å²) in [6, 6.07) is 0. The summed E-state index contributed by atoms with van der Waals surface area (Å²) >= 11 is 0. The normalized spacial score (nSPS) is 19.8. The molecule has 1 heterocycles. The number of hydrogen-bond acceptors (Lipinski definition) is 3. The third-order valence-corrected chi connectivity index (χ3v) is 3.95. The smallest absolute Gasteiger partial charge is 0.323 e. The zero-order chi connectivity index (χ0) is 13.4. The molecule has 1 atom stereocenters. The van der Waals surface area contributed by atoms with E-state index < -0.39 is 11.5 Å². The van der Waals surface area contributed by atoms with Gasteiger partial charge in [0, 0.05) is 0 Å². The summed E-state index contributed by atoms with van der Waals surface area (Å²) in [4.78, 5) is 13.7. The minimum Gasteiger partial charge on any atom is -0.480 e. The Hall–Kier alpha value is -0.545. The maximum absolute atomic E-state index is 11.3. The highest BCUT2D eigenvalue weighted by Gasteiger charge is 2.32. The fourth-order valence-electron chi connectivity index (χ4n) is 2.65. The molecule has 1 aliphatic heterocycles. The van der Waals surface area contributed by atoms with Gasteiger partial charge in [-0.2, -0.15) is 0 Å². The molecule has 0 radical (unpaired) electrons. The number of rotatable bonds is 9. The van der Waals surface area contributed by atoms with Crippen LogP contribution in [0.2, 0.25) is 6.32 Å². The van der Waals surface area contributed by atoms with Crippen LogP contribution in [0.3, 0.4) is 0 Å². The first-order chi connectivity index (χ1) is 8.58. The van der Waals surface area contributed by atoms with E-state index in [1.165, 1.54) is 25.9 Å². The molecular weight excluding hydrogens is 227 g/mol. The van der Waals surface area contributed by atoms with E-state index in [1.54, 1.807) is 0 Å². The third-order valence-electron chi connectivity index (χ3n) is 3.95. The van der Waals surface area contributed by atoms with Gasteiger partial charge in [-0.15, -0.1) is 0 Å². The molecule has 1 unspecified atom stereocenters. The van der Waals surface area contributed by atoms with Crippen molar-refractivity contribution in [3.8, 4) is 0 Å². The van der Waals surface area contributed by atoms with Crippen LogP contribution in [0.5, 0.6) is 0 Å². The van der Waals surface area contributed by atoms with Crippen molar-refractivity contribution in [2.24, 2.45) is 5.73 Å². The third kappa shape index (κ3) is 4.98. The summed E-state index contributed by atoms with van der Waals surface area (Å²) in [5.74, 6) is -0.833. The van der Waals surface area contributed by atoms with Gasteiger partial charge in [-0.05, 0) is 51.7 Å². The molecule has 0 aromatic carbocycles. The van der Waals surface area contributed by atoms with Crippen LogP contribution in [-0.2, 0) is 4.79 Å². The number of nitrogens with zero attached hydrogens (tertiary/aromatic N) is 1. The van der Waals surface area contributed by atoms with Gasteiger partial charge in [-0.3, -0.25) is 4.79 Å². The summed E-state index contributed by atoms with van der Waals surface area (Å²) in [7, 11) is 2.12. The Labute approximate surface area is 111 Å². The number of likely N-dealkylation sites (tertiary alicyclic amines) is 1. The summed E-state index contributed by atoms with van der Waals surface area (Å²) in [6.07, 6.45) is 7.75. The SMILES string of the molecule is BCCCCC(N)(CCCN1CCCC1)C(=O)O. The van der Waals surface area contributed by atoms with Crippen LogP contribution in [0.25, 0.3) is 0 Å². The number of unbranched alkanes of at least 4 members (excludes halogenated alkanes) is 1. The first kappa shape index (κ1) is 15.5. The zero-order valence-corrected chi connectivity index (χ0v) is 11.7. The number of aliphatic carboxylic acids is 1. The molecule has 0 bridgehead atoms. The first-order valence-electron chi connectivity index (χ1n) is 7.33. The Morgan fingerprint density at radius 1 is 1.22 bits per heavy atom. The lowest BCUT2D eigenvalue weighted by Crippen LogP contribution is -2.48. The molecule has 1 saturated heterocycles. The van der Waals surface area contributed by atoms with Crippen LogP contribution < -0.4 is 5.73 Å². The van der Waals surface area contributed by atoms with E-state index in [2.05, 4.69) is 12.7 Å². The number of carboxylic acids is 1. The van der Waals surface area contributed by atoms with E-state index in [1.807, 2.05) is 0 Å². The van der Waals surface area contributed by atoms with Crippen molar-refractivity contribution in [2.75, 3.05) is 19.6 Å². The molecule has 5 heteroatoms. The molecule has 104 valence electrons. The highest BCUT2D eigenvalue weighted by atomic mass is 16.4. The van der Waals surface area contributed by atoms with Crippen molar-refractivity contribution >= 4 is 13.8 Å². The van der Waals surface area contributed by atoms with E-state index in [0.29, 0.717) is 12.8 Å². The quantitative estimate of drug-likeness (QED) is 0.473. The van der Waals surface area contributed by atoms with E-state index in [4.69, 9.17) is 5.73 Å². The van der Waals surface area contributed by atoms with Crippen molar-refractivity contribution in [2.45, 2.75) is 56.8 Å². The predicted octanol–water partition coefficient (Wildman–Crippen LogP) is 0.866. The molecular formula is C13H27BN2O2. The Bertz CT molecular complexity index is 257. The van der Waals surface area contributed by atoms with Crippen LogP contribution in [0.1, 0.15) is 44.9 Å². The topological polar surface area (TPSA) is 66.6 Å². The average molecular weight is 254 g/mol. The molecule has 1 rings (SSSR count). The van der Waals surface area contributed by atoms with Gasteiger partial charge in [0.1, 0.15) is 13.4 Å². The van der Waals surface area contributed by atoms with Crippen molar-refractivity contribution < 1.29 is 9.90 Å². The average Bonchev–Trinajstić information content (AvgIpc) is 2.82. The lowest BCUT2D eigenvalue weighted by molar-refractivity contribution is -0.144. The second-order valence-corrected chi connectivity index (χ2v) is 5.57. The largest absolute Gasteiger partial charge is 0.480 e. The van der Waals surface area contributed by atoms with Crippen LogP contribution in [0, 0.1) is 0 Å². The number of nitrogens with two attached hydrogens (primary N) is 1. The molecule has 4 nitrogen and oxygen atoms in total. The molecule has 0 amide bonds. The number of carboxylic acid groups (broad SMARTS) is 1. The Morgan fingerprint density at radius 3 is 2.39 bits per heavy atom. The fraction of sp³-hybridized carbons (Fsp3) is 0.923. The molecule has 1 fully saturated rings. The molecule has 0 aromatic rings. The highest BCUT2D eigenvalue weighted by Crippen LogP contribution is 2.20. The van der Waals surface area contributed by atoms with Crippen molar-refractivity contribution in [3.05, 3.63) is 0 Å². The van der Waals surface area contributed by atoms with Crippen LogP contribution >= 0.6 is 0 Å². The summed E-state index contributed by atoms with van der Waals surface area (Å²) in [6.45, 7) is 3.33. The minimum atomic E-state index is -1.01. The maximum atomic E-state index is 11.3. The lowest BCUT2D eigenvalue weighted by Gasteiger charge is -2.26. The second kappa shape index (κ2) is 7.79. The molecule has 18 heavy (non-hydrogen) atoms. The van der Waals surface area contributed by atoms with Gasteiger partial charge in [0.2, 0.25) is 0 Å². The monoisotopic (exact) mass is 254 g/mol. The van der Waals surface area contributed by atoms with Gasteiger partial charge >= 0.3 is 5.97 Å². The predicted molar refractivity (Wildman–Crippen MR) is 76.7 cm³/mol. The van der Waals surface area contributed by atoms with Crippen LogP contribution in [0.4, 0.5) is 0 Å². The zero-order valence-electron chi connectivity index (χ0n) is 11.7. The van der Waals surface area contributed by atoms with E-state index >= 15 is 0 Å². The standard InChI is InChI=1S/C13H27BN2O2/c14-8-2-1-6-13(15,12(17)18)7-5-11-16-9-3-4-10-16/h1-11,14-15H2,(H,17,18). The molecule has 0 spiro atoms. The van der Waals surface area contributed by atoms with Crippen LogP contribution in [-0.4, -0.2) is 49.0 Å². The van der Waals surface area contributed by atoms with Gasteiger partial charge in [0.25, 0.3) is 0 Å². The molecule has 3 N–H and O–H groups in total.